The Labute approximate surface area is 156 Å². The largest absolute Gasteiger partial charge is 0.497 e. The Morgan fingerprint density at radius 2 is 1.96 bits per heavy atom. The summed E-state index contributed by atoms with van der Waals surface area (Å²) in [5.74, 6) is 2.22. The van der Waals surface area contributed by atoms with Gasteiger partial charge < -0.3 is 9.47 Å². The molecule has 2 rings (SSSR count). The Morgan fingerprint density at radius 1 is 1.20 bits per heavy atom. The van der Waals surface area contributed by atoms with Crippen LogP contribution < -0.4 is 14.9 Å². The van der Waals surface area contributed by atoms with Gasteiger partial charge in [-0.05, 0) is 35.9 Å². The fourth-order valence-electron chi connectivity index (χ4n) is 1.99. The van der Waals surface area contributed by atoms with Crippen molar-refractivity contribution in [2.45, 2.75) is 5.75 Å². The lowest BCUT2D eigenvalue weighted by Crippen LogP contribution is -2.19. The van der Waals surface area contributed by atoms with E-state index in [1.807, 2.05) is 24.3 Å². The van der Waals surface area contributed by atoms with E-state index in [1.165, 1.54) is 18.0 Å². The van der Waals surface area contributed by atoms with Gasteiger partial charge in [-0.3, -0.25) is 4.79 Å². The second-order valence-electron chi connectivity index (χ2n) is 5.02. The highest BCUT2D eigenvalue weighted by atomic mass is 35.5. The summed E-state index contributed by atoms with van der Waals surface area (Å²) in [5, 5.41) is 4.67. The van der Waals surface area contributed by atoms with Crippen molar-refractivity contribution in [2.75, 3.05) is 20.0 Å². The van der Waals surface area contributed by atoms with Crippen molar-refractivity contribution in [1.82, 2.24) is 5.43 Å². The third-order valence-electron chi connectivity index (χ3n) is 3.24. The summed E-state index contributed by atoms with van der Waals surface area (Å²) in [6.45, 7) is 0. The van der Waals surface area contributed by atoms with Crippen LogP contribution in [0.3, 0.4) is 0 Å². The van der Waals surface area contributed by atoms with Crippen molar-refractivity contribution < 1.29 is 14.3 Å². The molecule has 1 amide bonds. The highest BCUT2D eigenvalue weighted by molar-refractivity contribution is 7.99. The van der Waals surface area contributed by atoms with Crippen LogP contribution >= 0.6 is 23.4 Å². The zero-order chi connectivity index (χ0) is 18.1. The van der Waals surface area contributed by atoms with Crippen LogP contribution in [0.4, 0.5) is 0 Å². The van der Waals surface area contributed by atoms with Gasteiger partial charge in [0.2, 0.25) is 5.91 Å². The van der Waals surface area contributed by atoms with E-state index in [0.29, 0.717) is 22.3 Å². The molecule has 2 aromatic carbocycles. The van der Waals surface area contributed by atoms with Crippen LogP contribution in [0, 0.1) is 0 Å². The van der Waals surface area contributed by atoms with Gasteiger partial charge in [-0.15, -0.1) is 11.8 Å². The number of nitrogens with one attached hydrogen (secondary N) is 1. The first-order valence-electron chi connectivity index (χ1n) is 7.48. The Morgan fingerprint density at radius 3 is 2.64 bits per heavy atom. The minimum absolute atomic E-state index is 0.169. The SMILES string of the molecule is COc1ccc(OC)c(/C=N/NC(=O)CSCc2ccc(Cl)cc2)c1. The van der Waals surface area contributed by atoms with Crippen molar-refractivity contribution in [3.8, 4) is 11.5 Å². The number of benzene rings is 2. The van der Waals surface area contributed by atoms with Crippen LogP contribution in [0.5, 0.6) is 11.5 Å². The molecule has 0 spiro atoms. The number of halogens is 1. The second kappa shape index (κ2) is 9.96. The van der Waals surface area contributed by atoms with Crippen LogP contribution in [-0.2, 0) is 10.5 Å². The molecule has 0 aromatic heterocycles. The van der Waals surface area contributed by atoms with Gasteiger partial charge >= 0.3 is 0 Å². The lowest BCUT2D eigenvalue weighted by atomic mass is 10.2. The molecule has 5 nitrogen and oxygen atoms in total. The number of ether oxygens (including phenoxy) is 2. The average Bonchev–Trinajstić information content (AvgIpc) is 2.63. The van der Waals surface area contributed by atoms with Crippen molar-refractivity contribution >= 4 is 35.5 Å². The highest BCUT2D eigenvalue weighted by Gasteiger charge is 2.04. The van der Waals surface area contributed by atoms with E-state index in [4.69, 9.17) is 21.1 Å². The third kappa shape index (κ3) is 6.32. The van der Waals surface area contributed by atoms with Gasteiger partial charge in [0.1, 0.15) is 11.5 Å². The molecule has 0 atom stereocenters. The molecule has 7 heteroatoms. The summed E-state index contributed by atoms with van der Waals surface area (Å²) >= 11 is 7.35. The Balaban J connectivity index is 1.81. The molecule has 2 aromatic rings. The molecule has 132 valence electrons. The first-order chi connectivity index (χ1) is 12.1. The van der Waals surface area contributed by atoms with E-state index in [1.54, 1.807) is 32.4 Å². The van der Waals surface area contributed by atoms with Crippen molar-refractivity contribution in [1.29, 1.82) is 0 Å². The molecule has 0 aliphatic carbocycles. The molecular weight excluding hydrogens is 360 g/mol. The summed E-state index contributed by atoms with van der Waals surface area (Å²) in [7, 11) is 3.16. The predicted octanol–water partition coefficient (Wildman–Crippen LogP) is 3.74. The van der Waals surface area contributed by atoms with Crippen LogP contribution in [0.15, 0.2) is 47.6 Å². The monoisotopic (exact) mass is 378 g/mol. The summed E-state index contributed by atoms with van der Waals surface area (Å²) in [6.07, 6.45) is 1.53. The number of amides is 1. The number of rotatable bonds is 8. The molecule has 0 bridgehead atoms. The maximum atomic E-state index is 11.8. The Hall–Kier alpha value is -2.18. The number of carbonyl (C=O) groups is 1. The number of thioether (sulfide) groups is 1. The molecule has 0 radical (unpaired) electrons. The van der Waals surface area contributed by atoms with Gasteiger partial charge in [-0.2, -0.15) is 5.10 Å². The smallest absolute Gasteiger partial charge is 0.250 e. The van der Waals surface area contributed by atoms with Crippen LogP contribution in [0.1, 0.15) is 11.1 Å². The maximum absolute atomic E-state index is 11.8. The van der Waals surface area contributed by atoms with Gasteiger partial charge in [-0.1, -0.05) is 23.7 Å². The maximum Gasteiger partial charge on any atom is 0.250 e. The number of hydrogen-bond donors (Lipinski definition) is 1. The van der Waals surface area contributed by atoms with E-state index in [2.05, 4.69) is 10.5 Å². The first-order valence-corrected chi connectivity index (χ1v) is 9.01. The quantitative estimate of drug-likeness (QED) is 0.561. The van der Waals surface area contributed by atoms with E-state index >= 15 is 0 Å². The van der Waals surface area contributed by atoms with Gasteiger partial charge in [0.15, 0.2) is 0 Å². The van der Waals surface area contributed by atoms with Gasteiger partial charge in [0.05, 0.1) is 26.2 Å². The van der Waals surface area contributed by atoms with E-state index in [-0.39, 0.29) is 5.91 Å². The van der Waals surface area contributed by atoms with Gasteiger partial charge in [-0.25, -0.2) is 5.43 Å². The molecule has 0 saturated carbocycles. The highest BCUT2D eigenvalue weighted by Crippen LogP contribution is 2.22. The molecule has 1 N–H and O–H groups in total. The molecule has 0 heterocycles. The van der Waals surface area contributed by atoms with Crippen LogP contribution in [-0.4, -0.2) is 32.1 Å². The zero-order valence-electron chi connectivity index (χ0n) is 14.0. The molecule has 0 fully saturated rings. The average molecular weight is 379 g/mol. The topological polar surface area (TPSA) is 59.9 Å². The summed E-state index contributed by atoms with van der Waals surface area (Å²) in [6, 6.07) is 12.9. The number of methoxy groups -OCH3 is 2. The minimum Gasteiger partial charge on any atom is -0.497 e. The van der Waals surface area contributed by atoms with Crippen molar-refractivity contribution in [3.63, 3.8) is 0 Å². The molecular formula is C18H19ClN2O3S. The van der Waals surface area contributed by atoms with Crippen molar-refractivity contribution in [2.24, 2.45) is 5.10 Å². The molecule has 0 aliphatic rings. The number of carbonyl (C=O) groups excluding carboxylic acids is 1. The second-order valence-corrected chi connectivity index (χ2v) is 6.44. The zero-order valence-corrected chi connectivity index (χ0v) is 15.6. The van der Waals surface area contributed by atoms with E-state index in [0.717, 1.165) is 16.9 Å². The molecule has 0 saturated heterocycles. The first kappa shape index (κ1) is 19.1. The van der Waals surface area contributed by atoms with Crippen LogP contribution in [0.25, 0.3) is 0 Å². The summed E-state index contributed by atoms with van der Waals surface area (Å²) in [5.41, 5.74) is 4.34. The molecule has 25 heavy (non-hydrogen) atoms. The summed E-state index contributed by atoms with van der Waals surface area (Å²) in [4.78, 5) is 11.8. The fourth-order valence-corrected chi connectivity index (χ4v) is 2.89. The lowest BCUT2D eigenvalue weighted by molar-refractivity contribution is -0.118. The van der Waals surface area contributed by atoms with Crippen molar-refractivity contribution in [3.05, 3.63) is 58.6 Å². The summed E-state index contributed by atoms with van der Waals surface area (Å²) < 4.78 is 10.4. The lowest BCUT2D eigenvalue weighted by Gasteiger charge is -2.06. The Kier molecular flexibility index (Phi) is 7.63. The number of hydrazone groups is 1. The standard InChI is InChI=1S/C18H19ClN2O3S/c1-23-16-7-8-17(24-2)14(9-16)10-20-21-18(22)12-25-11-13-3-5-15(19)6-4-13/h3-10H,11-12H2,1-2H3,(H,21,22)/b20-10+. The van der Waals surface area contributed by atoms with Gasteiger partial charge in [0.25, 0.3) is 0 Å². The fraction of sp³-hybridized carbons (Fsp3) is 0.222. The van der Waals surface area contributed by atoms with Gasteiger partial charge in [0, 0.05) is 16.3 Å². The minimum atomic E-state index is -0.169. The van der Waals surface area contributed by atoms with E-state index < -0.39 is 0 Å². The molecule has 0 unspecified atom stereocenters. The Bertz CT molecular complexity index is 736. The van der Waals surface area contributed by atoms with E-state index in [9.17, 15) is 4.79 Å². The third-order valence-corrected chi connectivity index (χ3v) is 4.50. The predicted molar refractivity (Wildman–Crippen MR) is 103 cm³/mol. The normalized spacial score (nSPS) is 10.7. The molecule has 0 aliphatic heterocycles. The van der Waals surface area contributed by atoms with Crippen LogP contribution in [0.2, 0.25) is 5.02 Å². The number of nitrogens with zero attached hydrogens (tertiary/aromatic N) is 1. The number of hydrogen-bond acceptors (Lipinski definition) is 5.